The Morgan fingerprint density at radius 2 is 1.53 bits per heavy atom. The van der Waals surface area contributed by atoms with Crippen LogP contribution in [0, 0.1) is 5.82 Å². The molecule has 1 aliphatic rings. The summed E-state index contributed by atoms with van der Waals surface area (Å²) in [6.45, 7) is 1.32. The zero-order valence-electron chi connectivity index (χ0n) is 16.4. The molecule has 3 rings (SSSR count). The molecule has 0 radical (unpaired) electrons. The van der Waals surface area contributed by atoms with E-state index in [0.29, 0.717) is 25.2 Å². The van der Waals surface area contributed by atoms with Crippen LogP contribution in [0.4, 0.5) is 10.1 Å². The van der Waals surface area contributed by atoms with Crippen molar-refractivity contribution < 1.29 is 22.4 Å². The van der Waals surface area contributed by atoms with Gasteiger partial charge in [-0.3, -0.25) is 9.59 Å². The molecule has 2 N–H and O–H groups in total. The van der Waals surface area contributed by atoms with Crippen molar-refractivity contribution in [2.24, 2.45) is 0 Å². The molecule has 160 valence electrons. The lowest BCUT2D eigenvalue weighted by Gasteiger charge is -2.25. The Kier molecular flexibility index (Phi) is 7.17. The van der Waals surface area contributed by atoms with E-state index in [-0.39, 0.29) is 11.4 Å². The van der Waals surface area contributed by atoms with E-state index in [1.54, 1.807) is 24.3 Å². The molecule has 0 spiro atoms. The fraction of sp³-hybridized carbons (Fsp3) is 0.333. The van der Waals surface area contributed by atoms with Gasteiger partial charge in [0, 0.05) is 25.3 Å². The summed E-state index contributed by atoms with van der Waals surface area (Å²) < 4.78 is 39.7. The minimum atomic E-state index is -3.47. The van der Waals surface area contributed by atoms with Crippen LogP contribution < -0.4 is 10.6 Å². The van der Waals surface area contributed by atoms with E-state index in [1.165, 1.54) is 28.6 Å². The Labute approximate surface area is 175 Å². The minimum absolute atomic E-state index is 0.216. The monoisotopic (exact) mass is 433 g/mol. The molecule has 0 saturated carbocycles. The second-order valence-electron chi connectivity index (χ2n) is 7.08. The number of amides is 2. The number of nitrogens with zero attached hydrogens (tertiary/aromatic N) is 1. The summed E-state index contributed by atoms with van der Waals surface area (Å²) in [4.78, 5) is 24.0. The first kappa shape index (κ1) is 21.9. The summed E-state index contributed by atoms with van der Waals surface area (Å²) in [5.41, 5.74) is 1.16. The highest BCUT2D eigenvalue weighted by Gasteiger charge is 2.25. The van der Waals surface area contributed by atoms with Crippen LogP contribution in [0.5, 0.6) is 0 Å². The first-order valence-corrected chi connectivity index (χ1v) is 11.2. The van der Waals surface area contributed by atoms with Crippen molar-refractivity contribution in [3.05, 3.63) is 59.9 Å². The molecule has 2 aromatic rings. The number of anilines is 1. The Bertz CT molecular complexity index is 986. The molecule has 7 nitrogen and oxygen atoms in total. The molecule has 2 aromatic carbocycles. The number of carbonyl (C=O) groups is 2. The fourth-order valence-corrected chi connectivity index (χ4v) is 4.72. The highest BCUT2D eigenvalue weighted by Crippen LogP contribution is 2.20. The van der Waals surface area contributed by atoms with Gasteiger partial charge >= 0.3 is 11.8 Å². The van der Waals surface area contributed by atoms with Gasteiger partial charge in [-0.05, 0) is 61.2 Å². The third-order valence-corrected chi connectivity index (χ3v) is 6.80. The average Bonchev–Trinajstić information content (AvgIpc) is 2.76. The van der Waals surface area contributed by atoms with Crippen molar-refractivity contribution in [2.45, 2.75) is 30.6 Å². The number of piperidine rings is 1. The Hall–Kier alpha value is -2.78. The number of benzene rings is 2. The van der Waals surface area contributed by atoms with Crippen molar-refractivity contribution in [2.75, 3.05) is 25.0 Å². The van der Waals surface area contributed by atoms with Crippen molar-refractivity contribution >= 4 is 27.5 Å². The van der Waals surface area contributed by atoms with Gasteiger partial charge in [0.1, 0.15) is 5.82 Å². The molecule has 1 aliphatic heterocycles. The molecule has 30 heavy (non-hydrogen) atoms. The number of hydrogen-bond donors (Lipinski definition) is 2. The molecule has 0 unspecified atom stereocenters. The summed E-state index contributed by atoms with van der Waals surface area (Å²) in [7, 11) is -3.47. The minimum Gasteiger partial charge on any atom is -0.347 e. The normalized spacial score (nSPS) is 14.8. The molecule has 0 bridgehead atoms. The quantitative estimate of drug-likeness (QED) is 0.684. The topological polar surface area (TPSA) is 95.6 Å². The highest BCUT2D eigenvalue weighted by atomic mass is 32.2. The Morgan fingerprint density at radius 3 is 2.17 bits per heavy atom. The van der Waals surface area contributed by atoms with Gasteiger partial charge in [0.05, 0.1) is 4.90 Å². The van der Waals surface area contributed by atoms with E-state index >= 15 is 0 Å². The van der Waals surface area contributed by atoms with Gasteiger partial charge in [0.15, 0.2) is 0 Å². The van der Waals surface area contributed by atoms with E-state index in [2.05, 4.69) is 10.6 Å². The predicted molar refractivity (Wildman–Crippen MR) is 111 cm³/mol. The summed E-state index contributed by atoms with van der Waals surface area (Å²) in [5.74, 6) is -2.08. The molecule has 1 heterocycles. The van der Waals surface area contributed by atoms with Crippen molar-refractivity contribution in [1.82, 2.24) is 9.62 Å². The first-order valence-electron chi connectivity index (χ1n) is 9.80. The third-order valence-electron chi connectivity index (χ3n) is 4.88. The van der Waals surface area contributed by atoms with Crippen molar-refractivity contribution in [1.29, 1.82) is 0 Å². The summed E-state index contributed by atoms with van der Waals surface area (Å²) in [5, 5.41) is 4.89. The Morgan fingerprint density at radius 1 is 0.900 bits per heavy atom. The van der Waals surface area contributed by atoms with Crippen LogP contribution in [-0.4, -0.2) is 44.2 Å². The zero-order chi connectivity index (χ0) is 21.6. The van der Waals surface area contributed by atoms with Crippen molar-refractivity contribution in [3.63, 3.8) is 0 Å². The fourth-order valence-electron chi connectivity index (χ4n) is 3.20. The van der Waals surface area contributed by atoms with Gasteiger partial charge in [-0.1, -0.05) is 18.6 Å². The maximum absolute atomic E-state index is 12.9. The van der Waals surface area contributed by atoms with Gasteiger partial charge in [0.2, 0.25) is 10.0 Å². The Balaban J connectivity index is 1.48. The molecule has 0 aliphatic carbocycles. The van der Waals surface area contributed by atoms with Gasteiger partial charge in [-0.2, -0.15) is 4.31 Å². The number of sulfonamides is 1. The molecule has 2 amide bonds. The van der Waals surface area contributed by atoms with Crippen molar-refractivity contribution in [3.8, 4) is 0 Å². The van der Waals surface area contributed by atoms with Gasteiger partial charge in [0.25, 0.3) is 0 Å². The zero-order valence-corrected chi connectivity index (χ0v) is 17.3. The maximum atomic E-state index is 12.9. The third kappa shape index (κ3) is 5.64. The summed E-state index contributed by atoms with van der Waals surface area (Å²) in [6, 6.07) is 11.7. The van der Waals surface area contributed by atoms with Crippen LogP contribution >= 0.6 is 0 Å². The van der Waals surface area contributed by atoms with Crippen LogP contribution in [0.1, 0.15) is 24.8 Å². The number of nitrogens with one attached hydrogen (secondary N) is 2. The highest BCUT2D eigenvalue weighted by molar-refractivity contribution is 7.89. The van der Waals surface area contributed by atoms with Crippen LogP contribution in [0.3, 0.4) is 0 Å². The summed E-state index contributed by atoms with van der Waals surface area (Å²) >= 11 is 0. The van der Waals surface area contributed by atoms with Gasteiger partial charge in [-0.15, -0.1) is 0 Å². The van der Waals surface area contributed by atoms with Crippen LogP contribution in [0.2, 0.25) is 0 Å². The van der Waals surface area contributed by atoms with Gasteiger partial charge in [-0.25, -0.2) is 12.8 Å². The molecular weight excluding hydrogens is 409 g/mol. The number of halogens is 1. The van der Waals surface area contributed by atoms with E-state index in [4.69, 9.17) is 0 Å². The molecule has 9 heteroatoms. The van der Waals surface area contributed by atoms with Crippen LogP contribution in [-0.2, 0) is 26.0 Å². The van der Waals surface area contributed by atoms with Crippen LogP contribution in [0.25, 0.3) is 0 Å². The lowest BCUT2D eigenvalue weighted by atomic mass is 10.1. The number of rotatable bonds is 6. The number of hydrogen-bond acceptors (Lipinski definition) is 4. The summed E-state index contributed by atoms with van der Waals surface area (Å²) in [6.07, 6.45) is 3.26. The smallest absolute Gasteiger partial charge is 0.313 e. The standard InChI is InChI=1S/C21H24FN3O4S/c22-17-6-8-18(9-7-17)24-21(27)20(26)23-13-12-16-4-10-19(11-5-16)30(28,29)25-14-2-1-3-15-25/h4-11H,1-3,12-15H2,(H,23,26)(H,24,27). The van der Waals surface area contributed by atoms with E-state index in [9.17, 15) is 22.4 Å². The van der Waals surface area contributed by atoms with E-state index < -0.39 is 27.7 Å². The molecule has 1 fully saturated rings. The maximum Gasteiger partial charge on any atom is 0.313 e. The molecule has 0 aromatic heterocycles. The van der Waals surface area contributed by atoms with Gasteiger partial charge < -0.3 is 10.6 Å². The van der Waals surface area contributed by atoms with E-state index in [0.717, 1.165) is 24.8 Å². The first-order chi connectivity index (χ1) is 14.4. The largest absolute Gasteiger partial charge is 0.347 e. The van der Waals surface area contributed by atoms with E-state index in [1.807, 2.05) is 0 Å². The predicted octanol–water partition coefficient (Wildman–Crippen LogP) is 2.30. The molecule has 0 atom stereocenters. The molecule has 1 saturated heterocycles. The SMILES string of the molecule is O=C(NCCc1ccc(S(=O)(=O)N2CCCCC2)cc1)C(=O)Nc1ccc(F)cc1. The van der Waals surface area contributed by atoms with Crippen LogP contribution in [0.15, 0.2) is 53.4 Å². The second kappa shape index (κ2) is 9.82. The average molecular weight is 434 g/mol. The number of carbonyl (C=O) groups excluding carboxylic acids is 2. The lowest BCUT2D eigenvalue weighted by molar-refractivity contribution is -0.136. The molecular formula is C21H24FN3O4S. The second-order valence-corrected chi connectivity index (χ2v) is 9.01. The lowest BCUT2D eigenvalue weighted by Crippen LogP contribution is -2.36.